The van der Waals surface area contributed by atoms with E-state index in [9.17, 15) is 4.79 Å². The molecule has 0 saturated heterocycles. The third-order valence-corrected chi connectivity index (χ3v) is 4.72. The van der Waals surface area contributed by atoms with Crippen LogP contribution in [0.15, 0.2) is 59.1 Å². The Morgan fingerprint density at radius 3 is 2.62 bits per heavy atom. The first-order valence-electron chi connectivity index (χ1n) is 7.28. The van der Waals surface area contributed by atoms with Crippen LogP contribution in [-0.2, 0) is 6.42 Å². The third kappa shape index (κ3) is 4.39. The molecule has 0 aliphatic rings. The predicted octanol–water partition coefficient (Wildman–Crippen LogP) is 4.17. The van der Waals surface area contributed by atoms with E-state index < -0.39 is 0 Å². The molecule has 0 radical (unpaired) electrons. The van der Waals surface area contributed by atoms with E-state index in [1.54, 1.807) is 6.07 Å². The van der Waals surface area contributed by atoms with Crippen LogP contribution in [0.4, 0.5) is 5.13 Å². The highest BCUT2D eigenvalue weighted by molar-refractivity contribution is 9.10. The maximum atomic E-state index is 12.2. The van der Waals surface area contributed by atoms with Crippen molar-refractivity contribution in [3.63, 3.8) is 0 Å². The van der Waals surface area contributed by atoms with Crippen molar-refractivity contribution in [2.45, 2.75) is 6.42 Å². The van der Waals surface area contributed by atoms with Gasteiger partial charge in [0.2, 0.25) is 5.13 Å². The van der Waals surface area contributed by atoms with Crippen LogP contribution in [0.25, 0.3) is 0 Å². The molecular formula is C17H14BrN3O2S. The van der Waals surface area contributed by atoms with E-state index in [0.717, 1.165) is 15.2 Å². The molecule has 0 atom stereocenters. The van der Waals surface area contributed by atoms with Gasteiger partial charge >= 0.3 is 0 Å². The molecule has 122 valence electrons. The number of anilines is 1. The average molecular weight is 404 g/mol. The Hall–Kier alpha value is -2.25. The summed E-state index contributed by atoms with van der Waals surface area (Å²) in [5.74, 6) is 0.607. The lowest BCUT2D eigenvalue weighted by molar-refractivity contribution is 0.102. The summed E-state index contributed by atoms with van der Waals surface area (Å²) in [5.41, 5.74) is 0.557. The third-order valence-electron chi connectivity index (χ3n) is 3.13. The van der Waals surface area contributed by atoms with Crippen LogP contribution in [0.2, 0.25) is 0 Å². The summed E-state index contributed by atoms with van der Waals surface area (Å²) in [4.78, 5) is 12.2. The molecule has 0 bridgehead atoms. The maximum absolute atomic E-state index is 12.2. The highest BCUT2D eigenvalue weighted by Crippen LogP contribution is 2.20. The molecule has 3 rings (SSSR count). The van der Waals surface area contributed by atoms with Crippen molar-refractivity contribution in [2.75, 3.05) is 11.9 Å². The van der Waals surface area contributed by atoms with Crippen molar-refractivity contribution in [1.82, 2.24) is 10.2 Å². The zero-order valence-corrected chi connectivity index (χ0v) is 15.0. The minimum Gasteiger partial charge on any atom is -0.493 e. The number of benzene rings is 2. The van der Waals surface area contributed by atoms with E-state index in [0.29, 0.717) is 23.7 Å². The molecule has 3 aromatic rings. The van der Waals surface area contributed by atoms with Gasteiger partial charge in [-0.3, -0.25) is 10.1 Å². The zero-order valence-electron chi connectivity index (χ0n) is 12.6. The van der Waals surface area contributed by atoms with Gasteiger partial charge < -0.3 is 4.74 Å². The standard InChI is InChI=1S/C17H14BrN3O2S/c18-14-9-5-4-8-13(14)16(22)19-17-21-20-15(24-17)10-11-23-12-6-2-1-3-7-12/h1-9H,10-11H2,(H,19,21,22). The highest BCUT2D eigenvalue weighted by atomic mass is 79.9. The first-order valence-corrected chi connectivity index (χ1v) is 8.89. The SMILES string of the molecule is O=C(Nc1nnc(CCOc2ccccc2)s1)c1ccccc1Br. The maximum Gasteiger partial charge on any atom is 0.258 e. The van der Waals surface area contributed by atoms with Crippen LogP contribution < -0.4 is 10.1 Å². The number of nitrogens with one attached hydrogen (secondary N) is 1. The molecule has 0 unspecified atom stereocenters. The quantitative estimate of drug-likeness (QED) is 0.670. The molecule has 7 heteroatoms. The first-order chi connectivity index (χ1) is 11.7. The second kappa shape index (κ2) is 8.03. The van der Waals surface area contributed by atoms with E-state index in [4.69, 9.17) is 4.74 Å². The number of ether oxygens (including phenoxy) is 1. The summed E-state index contributed by atoms with van der Waals surface area (Å²) in [6.45, 7) is 0.511. The van der Waals surface area contributed by atoms with E-state index in [2.05, 4.69) is 31.4 Å². The molecule has 1 N–H and O–H groups in total. The summed E-state index contributed by atoms with van der Waals surface area (Å²) in [5, 5.41) is 12.1. The zero-order chi connectivity index (χ0) is 16.8. The summed E-state index contributed by atoms with van der Waals surface area (Å²) < 4.78 is 6.37. The number of carbonyl (C=O) groups is 1. The van der Waals surface area contributed by atoms with Crippen molar-refractivity contribution in [3.8, 4) is 5.75 Å². The molecule has 5 nitrogen and oxygen atoms in total. The lowest BCUT2D eigenvalue weighted by Crippen LogP contribution is -2.12. The van der Waals surface area contributed by atoms with E-state index in [1.807, 2.05) is 48.5 Å². The number of hydrogen-bond donors (Lipinski definition) is 1. The number of halogens is 1. The van der Waals surface area contributed by atoms with Crippen LogP contribution in [-0.4, -0.2) is 22.7 Å². The van der Waals surface area contributed by atoms with Crippen LogP contribution in [0.5, 0.6) is 5.75 Å². The van der Waals surface area contributed by atoms with E-state index in [-0.39, 0.29) is 5.91 Å². The smallest absolute Gasteiger partial charge is 0.258 e. The number of carbonyl (C=O) groups excluding carboxylic acids is 1. The number of nitrogens with zero attached hydrogens (tertiary/aromatic N) is 2. The summed E-state index contributed by atoms with van der Waals surface area (Å²) in [6, 6.07) is 16.8. The predicted molar refractivity (Wildman–Crippen MR) is 97.6 cm³/mol. The molecule has 2 aromatic carbocycles. The molecule has 0 aliphatic heterocycles. The molecule has 1 heterocycles. The molecule has 1 aromatic heterocycles. The van der Waals surface area contributed by atoms with Crippen molar-refractivity contribution in [2.24, 2.45) is 0 Å². The number of amides is 1. The lowest BCUT2D eigenvalue weighted by atomic mass is 10.2. The highest BCUT2D eigenvalue weighted by Gasteiger charge is 2.12. The minimum absolute atomic E-state index is 0.217. The van der Waals surface area contributed by atoms with Gasteiger partial charge in [0.25, 0.3) is 5.91 Å². The molecule has 0 fully saturated rings. The number of rotatable bonds is 6. The van der Waals surface area contributed by atoms with Gasteiger partial charge in [0.1, 0.15) is 10.8 Å². The van der Waals surface area contributed by atoms with Crippen LogP contribution >= 0.6 is 27.3 Å². The fraction of sp³-hybridized carbons (Fsp3) is 0.118. The van der Waals surface area contributed by atoms with Gasteiger partial charge in [-0.05, 0) is 40.2 Å². The largest absolute Gasteiger partial charge is 0.493 e. The number of aromatic nitrogens is 2. The lowest BCUT2D eigenvalue weighted by Gasteiger charge is -2.03. The van der Waals surface area contributed by atoms with Gasteiger partial charge in [-0.25, -0.2) is 0 Å². The van der Waals surface area contributed by atoms with Crippen LogP contribution in [0.1, 0.15) is 15.4 Å². The Balaban J connectivity index is 1.54. The van der Waals surface area contributed by atoms with E-state index in [1.165, 1.54) is 11.3 Å². The van der Waals surface area contributed by atoms with Gasteiger partial charge in [0, 0.05) is 10.9 Å². The van der Waals surface area contributed by atoms with Gasteiger partial charge in [-0.1, -0.05) is 41.7 Å². The van der Waals surface area contributed by atoms with Crippen molar-refractivity contribution in [3.05, 3.63) is 69.6 Å². The summed E-state index contributed by atoms with van der Waals surface area (Å²) in [7, 11) is 0. The Morgan fingerprint density at radius 2 is 1.83 bits per heavy atom. The van der Waals surface area contributed by atoms with E-state index >= 15 is 0 Å². The minimum atomic E-state index is -0.217. The van der Waals surface area contributed by atoms with Gasteiger partial charge in [-0.2, -0.15) is 0 Å². The van der Waals surface area contributed by atoms with Crippen molar-refractivity contribution >= 4 is 38.3 Å². The Bertz CT molecular complexity index is 823. The fourth-order valence-corrected chi connectivity index (χ4v) is 3.17. The van der Waals surface area contributed by atoms with Gasteiger partial charge in [0.05, 0.1) is 12.2 Å². The van der Waals surface area contributed by atoms with Crippen LogP contribution in [0.3, 0.4) is 0 Å². The van der Waals surface area contributed by atoms with Crippen molar-refractivity contribution in [1.29, 1.82) is 0 Å². The second-order valence-corrected chi connectivity index (χ2v) is 6.76. The number of hydrogen-bond acceptors (Lipinski definition) is 5. The van der Waals surface area contributed by atoms with Gasteiger partial charge in [0.15, 0.2) is 0 Å². The Morgan fingerprint density at radius 1 is 1.08 bits per heavy atom. The molecular weight excluding hydrogens is 390 g/mol. The molecule has 0 aliphatic carbocycles. The average Bonchev–Trinajstić information content (AvgIpc) is 3.03. The second-order valence-electron chi connectivity index (χ2n) is 4.85. The molecule has 24 heavy (non-hydrogen) atoms. The summed E-state index contributed by atoms with van der Waals surface area (Å²) >= 11 is 4.71. The molecule has 0 spiro atoms. The number of para-hydroxylation sites is 1. The first kappa shape index (κ1) is 16.6. The molecule has 0 saturated carbocycles. The Labute approximate surface area is 151 Å². The van der Waals surface area contributed by atoms with Crippen LogP contribution in [0, 0.1) is 0 Å². The normalized spacial score (nSPS) is 10.4. The van der Waals surface area contributed by atoms with Crippen molar-refractivity contribution < 1.29 is 9.53 Å². The monoisotopic (exact) mass is 403 g/mol. The summed E-state index contributed by atoms with van der Waals surface area (Å²) in [6.07, 6.45) is 0.636. The fourth-order valence-electron chi connectivity index (χ4n) is 1.99. The molecule has 1 amide bonds. The van der Waals surface area contributed by atoms with Gasteiger partial charge in [-0.15, -0.1) is 10.2 Å². The Kier molecular flexibility index (Phi) is 5.55. The topological polar surface area (TPSA) is 64.1 Å².